The summed E-state index contributed by atoms with van der Waals surface area (Å²) in [6, 6.07) is 9.53. The number of halogens is 1. The Morgan fingerprint density at radius 3 is 2.64 bits per heavy atom. The molecule has 0 radical (unpaired) electrons. The maximum absolute atomic E-state index is 12.5. The van der Waals surface area contributed by atoms with Crippen molar-refractivity contribution >= 4 is 50.1 Å². The Bertz CT molecular complexity index is 1030. The SMILES string of the molecule is CC(NC(=O)c1ccccc1Cl)C(=O)Nc1nc2cc3c(cc2s1)OCCO3. The van der Waals surface area contributed by atoms with Crippen LogP contribution in [-0.2, 0) is 4.79 Å². The Labute approximate surface area is 169 Å². The number of fused-ring (bicyclic) bond motifs is 2. The molecule has 144 valence electrons. The van der Waals surface area contributed by atoms with Gasteiger partial charge in [-0.15, -0.1) is 0 Å². The highest BCUT2D eigenvalue weighted by molar-refractivity contribution is 7.22. The summed E-state index contributed by atoms with van der Waals surface area (Å²) in [5.74, 6) is 0.513. The smallest absolute Gasteiger partial charge is 0.253 e. The topological polar surface area (TPSA) is 89.6 Å². The number of nitrogens with one attached hydrogen (secondary N) is 2. The van der Waals surface area contributed by atoms with Crippen molar-refractivity contribution in [3.05, 3.63) is 47.0 Å². The highest BCUT2D eigenvalue weighted by atomic mass is 35.5. The van der Waals surface area contributed by atoms with Gasteiger partial charge in [-0.1, -0.05) is 35.1 Å². The molecule has 0 aliphatic carbocycles. The lowest BCUT2D eigenvalue weighted by Crippen LogP contribution is -2.41. The third-order valence-corrected chi connectivity index (χ3v) is 5.41. The molecule has 2 aromatic carbocycles. The van der Waals surface area contributed by atoms with E-state index >= 15 is 0 Å². The third-order valence-electron chi connectivity index (χ3n) is 4.14. The van der Waals surface area contributed by atoms with Crippen molar-refractivity contribution in [2.75, 3.05) is 18.5 Å². The molecule has 0 fully saturated rings. The van der Waals surface area contributed by atoms with Crippen molar-refractivity contribution < 1.29 is 19.1 Å². The minimum absolute atomic E-state index is 0.314. The first-order chi connectivity index (χ1) is 13.5. The van der Waals surface area contributed by atoms with E-state index in [2.05, 4.69) is 15.6 Å². The van der Waals surface area contributed by atoms with Crippen molar-refractivity contribution in [2.45, 2.75) is 13.0 Å². The standard InChI is InChI=1S/C19H16ClN3O4S/c1-10(21-18(25)11-4-2-3-5-12(11)20)17(24)23-19-22-13-8-14-15(9-16(13)28-19)27-7-6-26-14/h2-5,8-10H,6-7H2,1H3,(H,21,25)(H,22,23,24). The lowest BCUT2D eigenvalue weighted by atomic mass is 10.2. The Balaban J connectivity index is 1.45. The summed E-state index contributed by atoms with van der Waals surface area (Å²) in [5, 5.41) is 6.13. The highest BCUT2D eigenvalue weighted by Gasteiger charge is 2.20. The predicted molar refractivity (Wildman–Crippen MR) is 108 cm³/mol. The average Bonchev–Trinajstić information content (AvgIpc) is 3.07. The molecule has 28 heavy (non-hydrogen) atoms. The van der Waals surface area contributed by atoms with Crippen molar-refractivity contribution in [2.24, 2.45) is 0 Å². The molecule has 1 atom stereocenters. The molecule has 9 heteroatoms. The number of benzene rings is 2. The molecule has 1 aromatic heterocycles. The average molecular weight is 418 g/mol. The summed E-state index contributed by atoms with van der Waals surface area (Å²) in [6.07, 6.45) is 0. The van der Waals surface area contributed by atoms with Gasteiger partial charge < -0.3 is 20.1 Å². The number of carbonyl (C=O) groups is 2. The zero-order valence-corrected chi connectivity index (χ0v) is 16.4. The van der Waals surface area contributed by atoms with Gasteiger partial charge in [-0.05, 0) is 19.1 Å². The number of ether oxygens (including phenoxy) is 2. The molecule has 2 amide bonds. The quantitative estimate of drug-likeness (QED) is 0.678. The number of hydrogen-bond acceptors (Lipinski definition) is 6. The van der Waals surface area contributed by atoms with Gasteiger partial charge in [0.05, 0.1) is 20.8 Å². The lowest BCUT2D eigenvalue weighted by Gasteiger charge is -2.17. The zero-order chi connectivity index (χ0) is 19.7. The molecule has 0 saturated heterocycles. The van der Waals surface area contributed by atoms with Crippen LogP contribution in [-0.4, -0.2) is 36.1 Å². The number of hydrogen-bond donors (Lipinski definition) is 2. The fourth-order valence-electron chi connectivity index (χ4n) is 2.72. The summed E-state index contributed by atoms with van der Waals surface area (Å²) in [6.45, 7) is 2.59. The summed E-state index contributed by atoms with van der Waals surface area (Å²) < 4.78 is 12.0. The van der Waals surface area contributed by atoms with E-state index in [1.165, 1.54) is 11.3 Å². The van der Waals surface area contributed by atoms with Crippen LogP contribution in [0.5, 0.6) is 11.5 Å². The largest absolute Gasteiger partial charge is 0.486 e. The molecule has 1 aliphatic heterocycles. The summed E-state index contributed by atoms with van der Waals surface area (Å²) in [4.78, 5) is 29.2. The maximum Gasteiger partial charge on any atom is 0.253 e. The number of aromatic nitrogens is 1. The molecule has 7 nitrogen and oxygen atoms in total. The summed E-state index contributed by atoms with van der Waals surface area (Å²) >= 11 is 7.34. The van der Waals surface area contributed by atoms with E-state index in [4.69, 9.17) is 21.1 Å². The van der Waals surface area contributed by atoms with Gasteiger partial charge in [0.1, 0.15) is 19.3 Å². The minimum Gasteiger partial charge on any atom is -0.486 e. The van der Waals surface area contributed by atoms with Gasteiger partial charge in [-0.3, -0.25) is 9.59 Å². The zero-order valence-electron chi connectivity index (χ0n) is 14.8. The Morgan fingerprint density at radius 1 is 1.18 bits per heavy atom. The van der Waals surface area contributed by atoms with Gasteiger partial charge in [0.25, 0.3) is 5.91 Å². The minimum atomic E-state index is -0.768. The number of nitrogens with zero attached hydrogens (tertiary/aromatic N) is 1. The van der Waals surface area contributed by atoms with Crippen LogP contribution < -0.4 is 20.1 Å². The molecule has 0 saturated carbocycles. The first-order valence-corrected chi connectivity index (χ1v) is 9.77. The molecular weight excluding hydrogens is 402 g/mol. The van der Waals surface area contributed by atoms with E-state index in [1.807, 2.05) is 6.07 Å². The third kappa shape index (κ3) is 3.74. The molecule has 2 heterocycles. The molecule has 1 aliphatic rings. The Hall–Kier alpha value is -2.84. The Morgan fingerprint density at radius 2 is 1.89 bits per heavy atom. The lowest BCUT2D eigenvalue weighted by molar-refractivity contribution is -0.117. The summed E-state index contributed by atoms with van der Waals surface area (Å²) in [7, 11) is 0. The second-order valence-corrected chi connectivity index (χ2v) is 7.58. The van der Waals surface area contributed by atoms with Gasteiger partial charge in [0.2, 0.25) is 5.91 Å². The van der Waals surface area contributed by atoms with E-state index in [0.717, 1.165) is 4.70 Å². The fourth-order valence-corrected chi connectivity index (χ4v) is 3.82. The molecule has 1 unspecified atom stereocenters. The molecule has 3 aromatic rings. The Kier molecular flexibility index (Phi) is 5.06. The second-order valence-electron chi connectivity index (χ2n) is 6.15. The monoisotopic (exact) mass is 417 g/mol. The van der Waals surface area contributed by atoms with Crippen LogP contribution in [0.3, 0.4) is 0 Å². The molecule has 0 bridgehead atoms. The van der Waals surface area contributed by atoms with Crippen molar-refractivity contribution in [3.63, 3.8) is 0 Å². The number of rotatable bonds is 4. The van der Waals surface area contributed by atoms with Crippen LogP contribution in [0.2, 0.25) is 5.02 Å². The molecular formula is C19H16ClN3O4S. The van der Waals surface area contributed by atoms with Gasteiger partial charge in [-0.2, -0.15) is 0 Å². The predicted octanol–water partition coefficient (Wildman–Crippen LogP) is 3.48. The second kappa shape index (κ2) is 7.65. The molecule has 2 N–H and O–H groups in total. The summed E-state index contributed by atoms with van der Waals surface area (Å²) in [5.41, 5.74) is 1.02. The van der Waals surface area contributed by atoms with E-state index in [-0.39, 0.29) is 5.91 Å². The van der Waals surface area contributed by atoms with Crippen LogP contribution in [0.1, 0.15) is 17.3 Å². The van der Waals surface area contributed by atoms with Gasteiger partial charge in [-0.25, -0.2) is 4.98 Å². The normalized spacial score (nSPS) is 13.8. The number of thiazole rings is 1. The van der Waals surface area contributed by atoms with E-state index in [9.17, 15) is 9.59 Å². The fraction of sp³-hybridized carbons (Fsp3) is 0.211. The van der Waals surface area contributed by atoms with Crippen LogP contribution in [0.15, 0.2) is 36.4 Å². The maximum atomic E-state index is 12.5. The van der Waals surface area contributed by atoms with Gasteiger partial charge >= 0.3 is 0 Å². The van der Waals surface area contributed by atoms with Crippen LogP contribution in [0.25, 0.3) is 10.2 Å². The number of amides is 2. The van der Waals surface area contributed by atoms with Crippen molar-refractivity contribution in [1.82, 2.24) is 10.3 Å². The number of carbonyl (C=O) groups excluding carboxylic acids is 2. The van der Waals surface area contributed by atoms with Crippen molar-refractivity contribution in [3.8, 4) is 11.5 Å². The van der Waals surface area contributed by atoms with Crippen LogP contribution >= 0.6 is 22.9 Å². The van der Waals surface area contributed by atoms with Crippen LogP contribution in [0, 0.1) is 0 Å². The van der Waals surface area contributed by atoms with Gasteiger partial charge in [0, 0.05) is 12.1 Å². The number of anilines is 1. The van der Waals surface area contributed by atoms with E-state index in [0.29, 0.717) is 45.9 Å². The van der Waals surface area contributed by atoms with Gasteiger partial charge in [0.15, 0.2) is 16.6 Å². The van der Waals surface area contributed by atoms with Crippen molar-refractivity contribution in [1.29, 1.82) is 0 Å². The van der Waals surface area contributed by atoms with E-state index in [1.54, 1.807) is 37.3 Å². The first kappa shape index (κ1) is 18.5. The first-order valence-electron chi connectivity index (χ1n) is 8.58. The molecule has 0 spiro atoms. The highest BCUT2D eigenvalue weighted by Crippen LogP contribution is 2.37. The molecule has 4 rings (SSSR count). The van der Waals surface area contributed by atoms with Crippen LogP contribution in [0.4, 0.5) is 5.13 Å². The van der Waals surface area contributed by atoms with E-state index < -0.39 is 11.9 Å².